The van der Waals surface area contributed by atoms with Crippen LogP contribution >= 0.6 is 0 Å². The minimum atomic E-state index is 0.673. The molecule has 4 nitrogen and oxygen atoms in total. The monoisotopic (exact) mass is 270 g/mol. The van der Waals surface area contributed by atoms with Gasteiger partial charge >= 0.3 is 0 Å². The Kier molecular flexibility index (Phi) is 3.85. The first-order chi connectivity index (χ1) is 9.78. The lowest BCUT2D eigenvalue weighted by Gasteiger charge is -2.14. The first-order valence-electron chi connectivity index (χ1n) is 7.29. The van der Waals surface area contributed by atoms with E-state index >= 15 is 0 Å². The number of aromatic nitrogens is 2. The number of likely N-dealkylation sites (N-methyl/N-ethyl adjacent to an activating group) is 1. The molecule has 4 heteroatoms. The van der Waals surface area contributed by atoms with Crippen molar-refractivity contribution in [3.8, 4) is 11.1 Å². The lowest BCUT2D eigenvalue weighted by atomic mass is 10.0. The fourth-order valence-corrected chi connectivity index (χ4v) is 2.60. The van der Waals surface area contributed by atoms with Crippen LogP contribution in [0.1, 0.15) is 30.0 Å². The topological polar surface area (TPSA) is 57.9 Å². The molecule has 0 atom stereocenters. The SMILES string of the molecule is CN(CCN)Cc1n[nH]cc1-c1ccc(C2CC2)cc1. The van der Waals surface area contributed by atoms with Gasteiger partial charge in [0.2, 0.25) is 0 Å². The summed E-state index contributed by atoms with van der Waals surface area (Å²) in [6.45, 7) is 2.37. The zero-order chi connectivity index (χ0) is 13.9. The minimum absolute atomic E-state index is 0.673. The lowest BCUT2D eigenvalue weighted by molar-refractivity contribution is 0.332. The predicted molar refractivity (Wildman–Crippen MR) is 81.4 cm³/mol. The average molecular weight is 270 g/mol. The molecule has 2 aromatic rings. The third kappa shape index (κ3) is 2.92. The Bertz CT molecular complexity index is 554. The van der Waals surface area contributed by atoms with Gasteiger partial charge in [-0.1, -0.05) is 24.3 Å². The molecule has 1 aliphatic carbocycles. The number of nitrogens with two attached hydrogens (primary N) is 1. The second-order valence-corrected chi connectivity index (χ2v) is 5.67. The highest BCUT2D eigenvalue weighted by Crippen LogP contribution is 2.40. The minimum Gasteiger partial charge on any atom is -0.329 e. The van der Waals surface area contributed by atoms with Crippen LogP contribution in [0.25, 0.3) is 11.1 Å². The van der Waals surface area contributed by atoms with Gasteiger partial charge in [0.15, 0.2) is 0 Å². The van der Waals surface area contributed by atoms with Crippen LogP contribution in [0.5, 0.6) is 0 Å². The van der Waals surface area contributed by atoms with Gasteiger partial charge in [-0.15, -0.1) is 0 Å². The lowest BCUT2D eigenvalue weighted by Crippen LogP contribution is -2.25. The number of hydrogen-bond acceptors (Lipinski definition) is 3. The van der Waals surface area contributed by atoms with Crippen molar-refractivity contribution in [2.75, 3.05) is 20.1 Å². The van der Waals surface area contributed by atoms with Gasteiger partial charge in [-0.2, -0.15) is 5.10 Å². The largest absolute Gasteiger partial charge is 0.329 e. The smallest absolute Gasteiger partial charge is 0.0840 e. The van der Waals surface area contributed by atoms with E-state index in [0.29, 0.717) is 6.54 Å². The zero-order valence-electron chi connectivity index (χ0n) is 12.0. The highest BCUT2D eigenvalue weighted by Gasteiger charge is 2.23. The van der Waals surface area contributed by atoms with E-state index in [1.54, 1.807) is 0 Å². The molecule has 3 rings (SSSR count). The van der Waals surface area contributed by atoms with E-state index in [9.17, 15) is 0 Å². The van der Waals surface area contributed by atoms with Crippen LogP contribution in [-0.4, -0.2) is 35.2 Å². The second kappa shape index (κ2) is 5.77. The maximum atomic E-state index is 5.59. The quantitative estimate of drug-likeness (QED) is 0.847. The molecule has 1 fully saturated rings. The van der Waals surface area contributed by atoms with Gasteiger partial charge in [-0.3, -0.25) is 10.00 Å². The van der Waals surface area contributed by atoms with Crippen LogP contribution in [0.4, 0.5) is 0 Å². The third-order valence-electron chi connectivity index (χ3n) is 3.92. The summed E-state index contributed by atoms with van der Waals surface area (Å²) >= 11 is 0. The summed E-state index contributed by atoms with van der Waals surface area (Å²) in [5, 5.41) is 7.36. The number of rotatable bonds is 6. The Morgan fingerprint density at radius 1 is 1.30 bits per heavy atom. The average Bonchev–Trinajstić information content (AvgIpc) is 3.20. The molecule has 1 aliphatic rings. The molecule has 20 heavy (non-hydrogen) atoms. The standard InChI is InChI=1S/C16H22N4/c1-20(9-8-17)11-16-15(10-18-19-16)14-6-4-13(5-7-14)12-2-3-12/h4-7,10,12H,2-3,8-9,11,17H2,1H3,(H,18,19). The fraction of sp³-hybridized carbons (Fsp3) is 0.438. The van der Waals surface area contributed by atoms with Gasteiger partial charge in [0, 0.05) is 31.4 Å². The first kappa shape index (κ1) is 13.3. The maximum absolute atomic E-state index is 5.59. The molecule has 1 aromatic carbocycles. The van der Waals surface area contributed by atoms with Gasteiger partial charge < -0.3 is 5.73 Å². The summed E-state index contributed by atoms with van der Waals surface area (Å²) in [7, 11) is 2.07. The van der Waals surface area contributed by atoms with E-state index in [0.717, 1.165) is 24.7 Å². The molecule has 0 aliphatic heterocycles. The van der Waals surface area contributed by atoms with Crippen LogP contribution in [0.15, 0.2) is 30.5 Å². The number of H-pyrrole nitrogens is 1. The molecular formula is C16H22N4. The zero-order valence-corrected chi connectivity index (χ0v) is 12.0. The summed E-state index contributed by atoms with van der Waals surface area (Å²) in [6, 6.07) is 8.94. The number of benzene rings is 1. The van der Waals surface area contributed by atoms with Crippen molar-refractivity contribution in [3.05, 3.63) is 41.7 Å². The summed E-state index contributed by atoms with van der Waals surface area (Å²) in [5.41, 5.74) is 10.6. The normalized spacial score (nSPS) is 14.9. The molecule has 0 saturated heterocycles. The van der Waals surface area contributed by atoms with Crippen molar-refractivity contribution < 1.29 is 0 Å². The van der Waals surface area contributed by atoms with E-state index in [2.05, 4.69) is 46.4 Å². The highest BCUT2D eigenvalue weighted by molar-refractivity contribution is 5.65. The Labute approximate surface area is 120 Å². The molecule has 0 radical (unpaired) electrons. The van der Waals surface area contributed by atoms with Crippen LogP contribution in [0, 0.1) is 0 Å². The molecule has 106 valence electrons. The molecule has 1 aromatic heterocycles. The second-order valence-electron chi connectivity index (χ2n) is 5.67. The molecule has 0 unspecified atom stereocenters. The van der Waals surface area contributed by atoms with E-state index in [4.69, 9.17) is 5.73 Å². The van der Waals surface area contributed by atoms with Crippen molar-refractivity contribution in [1.82, 2.24) is 15.1 Å². The molecule has 0 spiro atoms. The van der Waals surface area contributed by atoms with Crippen LogP contribution in [0.3, 0.4) is 0 Å². The summed E-state index contributed by atoms with van der Waals surface area (Å²) < 4.78 is 0. The predicted octanol–water partition coefficient (Wildman–Crippen LogP) is 2.34. The molecule has 0 bridgehead atoms. The number of nitrogens with one attached hydrogen (secondary N) is 1. The van der Waals surface area contributed by atoms with Crippen molar-refractivity contribution in [2.45, 2.75) is 25.3 Å². The van der Waals surface area contributed by atoms with Crippen LogP contribution in [0.2, 0.25) is 0 Å². The summed E-state index contributed by atoms with van der Waals surface area (Å²) in [6.07, 6.45) is 4.68. The van der Waals surface area contributed by atoms with E-state index in [1.165, 1.54) is 29.5 Å². The molecule has 3 N–H and O–H groups in total. The van der Waals surface area contributed by atoms with Crippen LogP contribution < -0.4 is 5.73 Å². The van der Waals surface area contributed by atoms with E-state index < -0.39 is 0 Å². The van der Waals surface area contributed by atoms with Gasteiger partial charge in [0.1, 0.15) is 0 Å². The van der Waals surface area contributed by atoms with Crippen LogP contribution in [-0.2, 0) is 6.54 Å². The third-order valence-corrected chi connectivity index (χ3v) is 3.92. The van der Waals surface area contributed by atoms with Gasteiger partial charge in [-0.25, -0.2) is 0 Å². The molecular weight excluding hydrogens is 248 g/mol. The van der Waals surface area contributed by atoms with Gasteiger partial charge in [-0.05, 0) is 36.9 Å². The van der Waals surface area contributed by atoms with Crippen molar-refractivity contribution in [3.63, 3.8) is 0 Å². The number of hydrogen-bond donors (Lipinski definition) is 2. The summed E-state index contributed by atoms with van der Waals surface area (Å²) in [4.78, 5) is 2.19. The van der Waals surface area contributed by atoms with Gasteiger partial charge in [0.25, 0.3) is 0 Å². The molecule has 0 amide bonds. The number of aromatic amines is 1. The first-order valence-corrected chi connectivity index (χ1v) is 7.29. The van der Waals surface area contributed by atoms with Crippen molar-refractivity contribution >= 4 is 0 Å². The van der Waals surface area contributed by atoms with E-state index in [1.807, 2.05) is 6.20 Å². The maximum Gasteiger partial charge on any atom is 0.0840 e. The Morgan fingerprint density at radius 3 is 2.70 bits per heavy atom. The van der Waals surface area contributed by atoms with Crippen molar-refractivity contribution in [1.29, 1.82) is 0 Å². The van der Waals surface area contributed by atoms with Gasteiger partial charge in [0.05, 0.1) is 5.69 Å². The Balaban J connectivity index is 1.77. The Hall–Kier alpha value is -1.65. The molecule has 1 saturated carbocycles. The highest BCUT2D eigenvalue weighted by atomic mass is 15.2. The van der Waals surface area contributed by atoms with Crippen molar-refractivity contribution in [2.24, 2.45) is 5.73 Å². The number of nitrogens with zero attached hydrogens (tertiary/aromatic N) is 2. The fourth-order valence-electron chi connectivity index (χ4n) is 2.60. The molecule has 1 heterocycles. The van der Waals surface area contributed by atoms with E-state index in [-0.39, 0.29) is 0 Å². The Morgan fingerprint density at radius 2 is 2.05 bits per heavy atom. The summed E-state index contributed by atoms with van der Waals surface area (Å²) in [5.74, 6) is 0.809.